The van der Waals surface area contributed by atoms with E-state index in [9.17, 15) is 24.7 Å². The van der Waals surface area contributed by atoms with Gasteiger partial charge in [0.2, 0.25) is 0 Å². The van der Waals surface area contributed by atoms with E-state index < -0.39 is 30.5 Å². The summed E-state index contributed by atoms with van der Waals surface area (Å²) < 4.78 is 20.6. The molecule has 0 bridgehead atoms. The van der Waals surface area contributed by atoms with Gasteiger partial charge in [0, 0.05) is 23.8 Å². The van der Waals surface area contributed by atoms with Crippen LogP contribution in [0.3, 0.4) is 0 Å². The molecular formula is C15H11O9P. The van der Waals surface area contributed by atoms with Crippen LogP contribution in [-0.2, 0) is 4.57 Å². The van der Waals surface area contributed by atoms with E-state index in [1.54, 1.807) is 0 Å². The van der Waals surface area contributed by atoms with Gasteiger partial charge in [-0.1, -0.05) is 0 Å². The molecule has 0 saturated carbocycles. The molecule has 0 amide bonds. The van der Waals surface area contributed by atoms with Crippen molar-refractivity contribution in [3.05, 3.63) is 46.6 Å². The molecule has 0 saturated heterocycles. The highest BCUT2D eigenvalue weighted by molar-refractivity contribution is 7.46. The van der Waals surface area contributed by atoms with Gasteiger partial charge in [0.25, 0.3) is 0 Å². The Labute approximate surface area is 139 Å². The van der Waals surface area contributed by atoms with Gasteiger partial charge < -0.3 is 24.3 Å². The summed E-state index contributed by atoms with van der Waals surface area (Å²) in [6, 6.07) is 6.69. The summed E-state index contributed by atoms with van der Waals surface area (Å²) in [7, 11) is -4.84. The van der Waals surface area contributed by atoms with E-state index in [0.717, 1.165) is 30.3 Å². The van der Waals surface area contributed by atoms with Crippen LogP contribution in [0.15, 0.2) is 45.6 Å². The molecule has 25 heavy (non-hydrogen) atoms. The molecule has 0 radical (unpaired) electrons. The molecule has 0 atom stereocenters. The van der Waals surface area contributed by atoms with E-state index in [-0.39, 0.29) is 28.0 Å². The summed E-state index contributed by atoms with van der Waals surface area (Å²) in [5.74, 6) is -1.78. The highest BCUT2D eigenvalue weighted by Crippen LogP contribution is 2.42. The SMILES string of the molecule is O=c1cc(-c2ccc(OP(=O)(O)O)c(O)c2)oc2cc(O)cc(O)c12. The second kappa shape index (κ2) is 5.82. The maximum Gasteiger partial charge on any atom is 0.524 e. The van der Waals surface area contributed by atoms with Crippen LogP contribution >= 0.6 is 7.82 Å². The van der Waals surface area contributed by atoms with Crippen molar-refractivity contribution in [2.24, 2.45) is 0 Å². The minimum absolute atomic E-state index is 0.000490. The average molecular weight is 366 g/mol. The molecular weight excluding hydrogens is 355 g/mol. The fourth-order valence-corrected chi connectivity index (χ4v) is 2.68. The topological polar surface area (TPSA) is 158 Å². The molecule has 0 aliphatic rings. The molecule has 0 fully saturated rings. The van der Waals surface area contributed by atoms with Crippen molar-refractivity contribution >= 4 is 18.8 Å². The Balaban J connectivity index is 2.12. The number of fused-ring (bicyclic) bond motifs is 1. The van der Waals surface area contributed by atoms with Gasteiger partial charge in [-0.15, -0.1) is 0 Å². The molecule has 0 unspecified atom stereocenters. The third kappa shape index (κ3) is 3.43. The van der Waals surface area contributed by atoms with E-state index in [1.807, 2.05) is 0 Å². The standard InChI is InChI=1S/C15H11O9P/c16-8-4-10(18)15-11(19)6-13(23-14(15)5-8)7-1-2-12(9(17)3-7)24-25(20,21)22/h1-6,16-18H,(H2,20,21,22). The Morgan fingerprint density at radius 3 is 2.32 bits per heavy atom. The Bertz CT molecular complexity index is 1080. The van der Waals surface area contributed by atoms with Crippen LogP contribution in [0, 0.1) is 0 Å². The molecule has 10 heteroatoms. The number of phosphoric ester groups is 1. The van der Waals surface area contributed by atoms with Crippen molar-refractivity contribution < 1.29 is 38.6 Å². The van der Waals surface area contributed by atoms with E-state index in [1.165, 1.54) is 6.07 Å². The van der Waals surface area contributed by atoms with Crippen LogP contribution in [0.1, 0.15) is 0 Å². The number of phenolic OH excluding ortho intramolecular Hbond substituents is 3. The van der Waals surface area contributed by atoms with E-state index >= 15 is 0 Å². The zero-order chi connectivity index (χ0) is 18.4. The molecule has 0 aliphatic heterocycles. The molecule has 3 rings (SSSR count). The second-order valence-corrected chi connectivity index (χ2v) is 6.24. The quantitative estimate of drug-likeness (QED) is 0.437. The fraction of sp³-hybridized carbons (Fsp3) is 0. The largest absolute Gasteiger partial charge is 0.524 e. The molecule has 2 aromatic carbocycles. The first-order valence-electron chi connectivity index (χ1n) is 6.72. The van der Waals surface area contributed by atoms with Crippen LogP contribution in [0.5, 0.6) is 23.0 Å². The van der Waals surface area contributed by atoms with Crippen molar-refractivity contribution in [2.75, 3.05) is 0 Å². The van der Waals surface area contributed by atoms with Gasteiger partial charge in [-0.3, -0.25) is 14.6 Å². The summed E-state index contributed by atoms with van der Waals surface area (Å²) >= 11 is 0. The van der Waals surface area contributed by atoms with Crippen molar-refractivity contribution in [3.8, 4) is 34.3 Å². The smallest absolute Gasteiger partial charge is 0.508 e. The summed E-state index contributed by atoms with van der Waals surface area (Å²) in [6.07, 6.45) is 0. The number of benzene rings is 2. The summed E-state index contributed by atoms with van der Waals surface area (Å²) in [5.41, 5.74) is -0.448. The molecule has 0 spiro atoms. The third-order valence-electron chi connectivity index (χ3n) is 3.26. The number of rotatable bonds is 3. The highest BCUT2D eigenvalue weighted by atomic mass is 31.2. The lowest BCUT2D eigenvalue weighted by atomic mass is 10.1. The normalized spacial score (nSPS) is 11.6. The van der Waals surface area contributed by atoms with Crippen LogP contribution in [0.2, 0.25) is 0 Å². The van der Waals surface area contributed by atoms with Gasteiger partial charge in [-0.25, -0.2) is 4.57 Å². The predicted molar refractivity (Wildman–Crippen MR) is 85.6 cm³/mol. The van der Waals surface area contributed by atoms with Crippen LogP contribution in [0.25, 0.3) is 22.3 Å². The first kappa shape index (κ1) is 16.8. The van der Waals surface area contributed by atoms with Crippen molar-refractivity contribution in [3.63, 3.8) is 0 Å². The monoisotopic (exact) mass is 366 g/mol. The Hall–Kier alpha value is -3.00. The zero-order valence-electron chi connectivity index (χ0n) is 12.3. The van der Waals surface area contributed by atoms with Crippen molar-refractivity contribution in [1.82, 2.24) is 0 Å². The predicted octanol–water partition coefficient (Wildman–Crippen LogP) is 2.05. The van der Waals surface area contributed by atoms with Gasteiger partial charge in [0.15, 0.2) is 16.9 Å². The number of phenols is 3. The molecule has 5 N–H and O–H groups in total. The molecule has 1 heterocycles. The molecule has 130 valence electrons. The van der Waals surface area contributed by atoms with E-state index in [4.69, 9.17) is 14.2 Å². The minimum Gasteiger partial charge on any atom is -0.508 e. The Morgan fingerprint density at radius 1 is 0.960 bits per heavy atom. The minimum atomic E-state index is -4.84. The number of phosphoric acid groups is 1. The second-order valence-electron chi connectivity index (χ2n) is 5.08. The van der Waals surface area contributed by atoms with Crippen molar-refractivity contribution in [2.45, 2.75) is 0 Å². The summed E-state index contributed by atoms with van der Waals surface area (Å²) in [6.45, 7) is 0. The highest BCUT2D eigenvalue weighted by Gasteiger charge is 2.19. The van der Waals surface area contributed by atoms with Gasteiger partial charge >= 0.3 is 7.82 Å². The van der Waals surface area contributed by atoms with Crippen LogP contribution < -0.4 is 9.95 Å². The van der Waals surface area contributed by atoms with Gasteiger partial charge in [-0.05, 0) is 18.2 Å². The maximum absolute atomic E-state index is 12.2. The fourth-order valence-electron chi connectivity index (χ4n) is 2.27. The van der Waals surface area contributed by atoms with E-state index in [0.29, 0.717) is 0 Å². The third-order valence-corrected chi connectivity index (χ3v) is 3.69. The average Bonchev–Trinajstić information content (AvgIpc) is 2.46. The van der Waals surface area contributed by atoms with E-state index in [2.05, 4.69) is 4.52 Å². The summed E-state index contributed by atoms with van der Waals surface area (Å²) in [4.78, 5) is 29.7. The first-order chi connectivity index (χ1) is 11.6. The van der Waals surface area contributed by atoms with Gasteiger partial charge in [-0.2, -0.15) is 0 Å². The summed E-state index contributed by atoms with van der Waals surface area (Å²) in [5, 5.41) is 28.9. The molecule has 9 nitrogen and oxygen atoms in total. The Morgan fingerprint density at radius 2 is 1.68 bits per heavy atom. The number of hydrogen-bond donors (Lipinski definition) is 5. The van der Waals surface area contributed by atoms with Gasteiger partial charge in [0.1, 0.15) is 28.2 Å². The van der Waals surface area contributed by atoms with Crippen LogP contribution in [-0.4, -0.2) is 25.1 Å². The lowest BCUT2D eigenvalue weighted by molar-refractivity contribution is 0.278. The van der Waals surface area contributed by atoms with Crippen LogP contribution in [0.4, 0.5) is 0 Å². The maximum atomic E-state index is 12.2. The first-order valence-corrected chi connectivity index (χ1v) is 8.25. The van der Waals surface area contributed by atoms with Crippen molar-refractivity contribution in [1.29, 1.82) is 0 Å². The molecule has 3 aromatic rings. The lowest BCUT2D eigenvalue weighted by Crippen LogP contribution is -2.00. The Kier molecular flexibility index (Phi) is 3.92. The molecule has 1 aromatic heterocycles. The van der Waals surface area contributed by atoms with Gasteiger partial charge in [0.05, 0.1) is 0 Å². The number of hydrogen-bond acceptors (Lipinski definition) is 7. The molecule has 0 aliphatic carbocycles. The zero-order valence-corrected chi connectivity index (χ0v) is 13.2. The number of aromatic hydroxyl groups is 3. The lowest BCUT2D eigenvalue weighted by Gasteiger charge is -2.10.